The fourth-order valence-corrected chi connectivity index (χ4v) is 3.12. The lowest BCUT2D eigenvalue weighted by atomic mass is 9.88. The summed E-state index contributed by atoms with van der Waals surface area (Å²) in [5, 5.41) is 19.1. The molecule has 138 valence electrons. The maximum Gasteiger partial charge on any atom is 0.358 e. The number of carboxylic acids is 1. The topological polar surface area (TPSA) is 106 Å². The Morgan fingerprint density at radius 3 is 2.88 bits per heavy atom. The van der Waals surface area contributed by atoms with Crippen LogP contribution in [0, 0.1) is 5.92 Å². The second kappa shape index (κ2) is 8.09. The van der Waals surface area contributed by atoms with Crippen molar-refractivity contribution in [3.05, 3.63) is 36.2 Å². The number of aromatic nitrogens is 3. The predicted molar refractivity (Wildman–Crippen MR) is 94.3 cm³/mol. The number of hydrogen-bond acceptors (Lipinski definition) is 5. The number of aromatic carboxylic acids is 1. The van der Waals surface area contributed by atoms with E-state index in [4.69, 9.17) is 9.84 Å². The molecule has 2 aromatic rings. The van der Waals surface area contributed by atoms with Crippen LogP contribution in [0.15, 0.2) is 30.5 Å². The summed E-state index contributed by atoms with van der Waals surface area (Å²) in [7, 11) is 0. The minimum atomic E-state index is -1.14. The lowest BCUT2D eigenvalue weighted by Gasteiger charge is -2.28. The lowest BCUT2D eigenvalue weighted by molar-refractivity contribution is -0.124. The van der Waals surface area contributed by atoms with Crippen molar-refractivity contribution >= 4 is 17.6 Å². The van der Waals surface area contributed by atoms with Crippen LogP contribution in [0.25, 0.3) is 5.69 Å². The fraction of sp³-hybridized carbons (Fsp3) is 0.444. The molecule has 1 amide bonds. The van der Waals surface area contributed by atoms with Crippen LogP contribution in [-0.4, -0.2) is 44.7 Å². The number of anilines is 1. The zero-order chi connectivity index (χ0) is 18.5. The molecule has 0 saturated heterocycles. The van der Waals surface area contributed by atoms with Crippen LogP contribution in [0.3, 0.4) is 0 Å². The molecule has 1 aromatic heterocycles. The molecule has 8 nitrogen and oxygen atoms in total. The van der Waals surface area contributed by atoms with E-state index in [0.29, 0.717) is 17.3 Å². The first kappa shape index (κ1) is 18.1. The van der Waals surface area contributed by atoms with Gasteiger partial charge in [0.1, 0.15) is 6.61 Å². The molecule has 2 unspecified atom stereocenters. The van der Waals surface area contributed by atoms with Crippen LogP contribution in [0.2, 0.25) is 0 Å². The minimum Gasteiger partial charge on any atom is -0.476 e. The second-order valence-electron chi connectivity index (χ2n) is 6.56. The number of amides is 1. The number of benzene rings is 1. The Bertz CT molecular complexity index is 789. The van der Waals surface area contributed by atoms with Gasteiger partial charge in [-0.05, 0) is 37.0 Å². The van der Waals surface area contributed by atoms with Crippen LogP contribution in [0.4, 0.5) is 5.69 Å². The highest BCUT2D eigenvalue weighted by molar-refractivity contribution is 5.92. The molecule has 0 bridgehead atoms. The smallest absolute Gasteiger partial charge is 0.358 e. The van der Waals surface area contributed by atoms with E-state index in [-0.39, 0.29) is 24.3 Å². The molecule has 2 N–H and O–H groups in total. The standard InChI is InChI=1S/C18H22N4O4/c1-12-5-2-3-8-16(12)26-11-17(23)19-13-6-4-7-14(9-13)22-10-15(18(24)25)20-21-22/h4,6-7,9-10,12,16H,2-3,5,8,11H2,1H3,(H,19,23)(H,24,25). The van der Waals surface area contributed by atoms with Gasteiger partial charge in [-0.3, -0.25) is 4.79 Å². The third-order valence-corrected chi connectivity index (χ3v) is 4.57. The average molecular weight is 358 g/mol. The molecule has 1 aliphatic carbocycles. The van der Waals surface area contributed by atoms with E-state index in [9.17, 15) is 9.59 Å². The monoisotopic (exact) mass is 358 g/mol. The van der Waals surface area contributed by atoms with Gasteiger partial charge < -0.3 is 15.2 Å². The summed E-state index contributed by atoms with van der Waals surface area (Å²) in [6.07, 6.45) is 5.98. The van der Waals surface area contributed by atoms with Crippen molar-refractivity contribution in [2.45, 2.75) is 38.7 Å². The maximum absolute atomic E-state index is 12.2. The summed E-state index contributed by atoms with van der Waals surface area (Å²) in [6.45, 7) is 2.18. The number of rotatable bonds is 6. The Balaban J connectivity index is 1.59. The largest absolute Gasteiger partial charge is 0.476 e. The normalized spacial score (nSPS) is 19.9. The van der Waals surface area contributed by atoms with Gasteiger partial charge in [-0.25, -0.2) is 9.48 Å². The summed E-state index contributed by atoms with van der Waals surface area (Å²) < 4.78 is 7.12. The van der Waals surface area contributed by atoms with Crippen LogP contribution >= 0.6 is 0 Å². The minimum absolute atomic E-state index is 0.0196. The van der Waals surface area contributed by atoms with Crippen molar-refractivity contribution in [2.75, 3.05) is 11.9 Å². The Morgan fingerprint density at radius 2 is 2.15 bits per heavy atom. The number of nitrogens with one attached hydrogen (secondary N) is 1. The average Bonchev–Trinajstić information content (AvgIpc) is 3.12. The molecule has 2 atom stereocenters. The van der Waals surface area contributed by atoms with E-state index in [1.54, 1.807) is 24.3 Å². The van der Waals surface area contributed by atoms with Crippen molar-refractivity contribution in [1.29, 1.82) is 0 Å². The van der Waals surface area contributed by atoms with Crippen molar-refractivity contribution in [3.63, 3.8) is 0 Å². The molecule has 1 aromatic carbocycles. The molecule has 1 saturated carbocycles. The quantitative estimate of drug-likeness (QED) is 0.822. The third kappa shape index (κ3) is 4.45. The van der Waals surface area contributed by atoms with Gasteiger partial charge in [0.05, 0.1) is 18.0 Å². The summed E-state index contributed by atoms with van der Waals surface area (Å²) in [5.74, 6) is -0.879. The zero-order valence-corrected chi connectivity index (χ0v) is 14.6. The number of carbonyl (C=O) groups is 2. The first-order valence-electron chi connectivity index (χ1n) is 8.70. The van der Waals surface area contributed by atoms with Crippen LogP contribution in [0.5, 0.6) is 0 Å². The number of carboxylic acid groups (broad SMARTS) is 1. The van der Waals surface area contributed by atoms with E-state index in [1.807, 2.05) is 0 Å². The lowest BCUT2D eigenvalue weighted by Crippen LogP contribution is -2.29. The molecule has 0 radical (unpaired) electrons. The highest BCUT2D eigenvalue weighted by Gasteiger charge is 2.22. The highest BCUT2D eigenvalue weighted by atomic mass is 16.5. The van der Waals surface area contributed by atoms with Crippen LogP contribution < -0.4 is 5.32 Å². The van der Waals surface area contributed by atoms with E-state index in [0.717, 1.165) is 19.3 Å². The summed E-state index contributed by atoms with van der Waals surface area (Å²) in [5.41, 5.74) is 1.04. The first-order valence-corrected chi connectivity index (χ1v) is 8.70. The Morgan fingerprint density at radius 1 is 1.35 bits per heavy atom. The Kier molecular flexibility index (Phi) is 5.62. The van der Waals surface area contributed by atoms with Gasteiger partial charge in [0.25, 0.3) is 0 Å². The SMILES string of the molecule is CC1CCCCC1OCC(=O)Nc1cccc(-n2cc(C(=O)O)nn2)c1. The second-order valence-corrected chi connectivity index (χ2v) is 6.56. The van der Waals surface area contributed by atoms with Crippen molar-refractivity contribution < 1.29 is 19.4 Å². The number of carbonyl (C=O) groups excluding carboxylic acids is 1. The van der Waals surface area contributed by atoms with Crippen molar-refractivity contribution in [2.24, 2.45) is 5.92 Å². The summed E-state index contributed by atoms with van der Waals surface area (Å²) >= 11 is 0. The van der Waals surface area contributed by atoms with Crippen LogP contribution in [0.1, 0.15) is 43.1 Å². The van der Waals surface area contributed by atoms with Gasteiger partial charge in [-0.2, -0.15) is 0 Å². The van der Waals surface area contributed by atoms with Crippen LogP contribution in [-0.2, 0) is 9.53 Å². The molecule has 3 rings (SSSR count). The van der Waals surface area contributed by atoms with Gasteiger partial charge in [0.15, 0.2) is 5.69 Å². The molecule has 8 heteroatoms. The molecule has 1 fully saturated rings. The van der Waals surface area contributed by atoms with Crippen molar-refractivity contribution in [1.82, 2.24) is 15.0 Å². The number of nitrogens with zero attached hydrogens (tertiary/aromatic N) is 3. The van der Waals surface area contributed by atoms with E-state index in [1.165, 1.54) is 17.3 Å². The Hall–Kier alpha value is -2.74. The van der Waals surface area contributed by atoms with Gasteiger partial charge in [-0.15, -0.1) is 5.10 Å². The molecule has 1 aliphatic rings. The van der Waals surface area contributed by atoms with E-state index in [2.05, 4.69) is 22.6 Å². The molecular weight excluding hydrogens is 336 g/mol. The highest BCUT2D eigenvalue weighted by Crippen LogP contribution is 2.26. The number of hydrogen-bond donors (Lipinski definition) is 2. The van der Waals surface area contributed by atoms with E-state index < -0.39 is 5.97 Å². The third-order valence-electron chi connectivity index (χ3n) is 4.57. The molecule has 0 aliphatic heterocycles. The molecule has 0 spiro atoms. The van der Waals surface area contributed by atoms with E-state index >= 15 is 0 Å². The van der Waals surface area contributed by atoms with Gasteiger partial charge in [-0.1, -0.05) is 31.0 Å². The maximum atomic E-state index is 12.2. The molecule has 26 heavy (non-hydrogen) atoms. The summed E-state index contributed by atoms with van der Waals surface area (Å²) in [6, 6.07) is 6.94. The van der Waals surface area contributed by atoms with Gasteiger partial charge in [0.2, 0.25) is 5.91 Å². The van der Waals surface area contributed by atoms with Crippen molar-refractivity contribution in [3.8, 4) is 5.69 Å². The predicted octanol–water partition coefficient (Wildman–Crippen LogP) is 2.50. The first-order chi connectivity index (χ1) is 12.5. The van der Waals surface area contributed by atoms with Gasteiger partial charge in [0, 0.05) is 5.69 Å². The number of ether oxygens (including phenoxy) is 1. The fourth-order valence-electron chi connectivity index (χ4n) is 3.12. The molecular formula is C18H22N4O4. The zero-order valence-electron chi connectivity index (χ0n) is 14.6. The molecule has 1 heterocycles. The summed E-state index contributed by atoms with van der Waals surface area (Å²) in [4.78, 5) is 23.1. The van der Waals surface area contributed by atoms with Gasteiger partial charge >= 0.3 is 5.97 Å². The Labute approximate surface area is 151 Å².